The van der Waals surface area contributed by atoms with E-state index >= 15 is 0 Å². The van der Waals surface area contributed by atoms with Crippen LogP contribution in [0, 0.1) is 12.8 Å². The molecule has 0 aliphatic carbocycles. The van der Waals surface area contributed by atoms with Gasteiger partial charge in [0.05, 0.1) is 19.8 Å². The Kier molecular flexibility index (Phi) is 23.6. The summed E-state index contributed by atoms with van der Waals surface area (Å²) in [6.45, 7) is 17.7. The Morgan fingerprint density at radius 3 is 2.14 bits per heavy atom. The number of aldehydes is 1. The monoisotopic (exact) mass is 614 g/mol. The molecule has 1 aromatic heterocycles. The van der Waals surface area contributed by atoms with E-state index in [1.54, 1.807) is 38.4 Å². The summed E-state index contributed by atoms with van der Waals surface area (Å²) in [6, 6.07) is 4.08. The molecule has 1 atom stereocenters. The van der Waals surface area contributed by atoms with Crippen molar-refractivity contribution in [1.82, 2.24) is 14.9 Å². The third kappa shape index (κ3) is 16.1. The summed E-state index contributed by atoms with van der Waals surface area (Å²) >= 11 is 0. The number of hydrogen-bond acceptors (Lipinski definition) is 7. The lowest BCUT2D eigenvalue weighted by Gasteiger charge is -2.25. The number of carbonyl (C=O) groups excluding carboxylic acids is 3. The minimum absolute atomic E-state index is 0.0870. The number of allylic oxidation sites excluding steroid dienone is 7. The average Bonchev–Trinajstić information content (AvgIpc) is 3.37. The lowest BCUT2D eigenvalue weighted by Crippen LogP contribution is -2.34. The number of carbonyl (C=O) groups is 3. The zero-order valence-corrected chi connectivity index (χ0v) is 29.3. The van der Waals surface area contributed by atoms with E-state index in [1.807, 2.05) is 40.1 Å². The number of aryl methyl sites for hydroxylation is 2. The first-order valence-electron chi connectivity index (χ1n) is 15.1. The molecular formula is C35H58N4O5. The Labute approximate surface area is 266 Å². The van der Waals surface area contributed by atoms with Gasteiger partial charge in [-0.3, -0.25) is 14.4 Å². The van der Waals surface area contributed by atoms with Gasteiger partial charge in [0, 0.05) is 45.2 Å². The second kappa shape index (κ2) is 24.6. The second-order valence-corrected chi connectivity index (χ2v) is 10.4. The van der Waals surface area contributed by atoms with E-state index in [4.69, 9.17) is 4.74 Å². The molecule has 1 rings (SSSR count). The van der Waals surface area contributed by atoms with Crippen molar-refractivity contribution in [3.63, 3.8) is 0 Å². The highest BCUT2D eigenvalue weighted by atomic mass is 16.5. The van der Waals surface area contributed by atoms with Crippen molar-refractivity contribution in [2.75, 3.05) is 35.4 Å². The fourth-order valence-electron chi connectivity index (χ4n) is 4.32. The standard InChI is InChI=1S/C18H26O4.C13H22N2O.C4H10N2/c1-6-15(11-12-18(20)22-5)9-8-10-16(7-2)17(13-19)14(3)21-4;1-6-11-8-7-10(4)15(11)12(9(2)3)13(16)14-5;1-4-5-6(2)3/h6,9-10,13H,1,7-8,11-12H2,2-5H3;7-9,12H,6H2,1-5H3,(H,14,16);4H,1-3H3/b15-9+,16-10+,17-14-;;5-4-. The number of esters is 1. The maximum absolute atomic E-state index is 11.9. The Morgan fingerprint density at radius 1 is 1.11 bits per heavy atom. The van der Waals surface area contributed by atoms with Crippen LogP contribution in [-0.2, 0) is 30.3 Å². The van der Waals surface area contributed by atoms with E-state index in [0.717, 1.165) is 36.0 Å². The highest BCUT2D eigenvalue weighted by molar-refractivity contribution is 5.81. The first-order valence-corrected chi connectivity index (χ1v) is 15.1. The summed E-state index contributed by atoms with van der Waals surface area (Å²) < 4.78 is 11.9. The van der Waals surface area contributed by atoms with Crippen LogP contribution in [0.4, 0.5) is 0 Å². The van der Waals surface area contributed by atoms with Crippen LogP contribution >= 0.6 is 0 Å². The van der Waals surface area contributed by atoms with E-state index in [-0.39, 0.29) is 23.8 Å². The van der Waals surface area contributed by atoms with Crippen LogP contribution in [0.15, 0.2) is 64.5 Å². The van der Waals surface area contributed by atoms with Crippen molar-refractivity contribution in [3.8, 4) is 0 Å². The van der Waals surface area contributed by atoms with Crippen LogP contribution < -0.4 is 5.32 Å². The fourth-order valence-corrected chi connectivity index (χ4v) is 4.32. The van der Waals surface area contributed by atoms with Gasteiger partial charge in [-0.15, -0.1) is 0 Å². The van der Waals surface area contributed by atoms with Gasteiger partial charge in [0.15, 0.2) is 6.29 Å². The van der Waals surface area contributed by atoms with Gasteiger partial charge in [0.2, 0.25) is 5.91 Å². The lowest BCUT2D eigenvalue weighted by molar-refractivity contribution is -0.140. The summed E-state index contributed by atoms with van der Waals surface area (Å²) in [7, 11) is 8.40. The Morgan fingerprint density at radius 2 is 1.75 bits per heavy atom. The molecule has 0 aromatic carbocycles. The van der Waals surface area contributed by atoms with Gasteiger partial charge in [-0.25, -0.2) is 0 Å². The van der Waals surface area contributed by atoms with E-state index in [0.29, 0.717) is 30.6 Å². The number of hydrazone groups is 1. The molecule has 44 heavy (non-hydrogen) atoms. The molecule has 0 saturated carbocycles. The molecule has 1 unspecified atom stereocenters. The smallest absolute Gasteiger partial charge is 0.305 e. The molecule has 1 amide bonds. The largest absolute Gasteiger partial charge is 0.501 e. The zero-order valence-electron chi connectivity index (χ0n) is 29.3. The number of aromatic nitrogens is 1. The van der Waals surface area contributed by atoms with Crippen molar-refractivity contribution in [2.45, 2.75) is 86.6 Å². The Hall–Kier alpha value is -3.88. The van der Waals surface area contributed by atoms with Gasteiger partial charge < -0.3 is 24.4 Å². The van der Waals surface area contributed by atoms with Crippen molar-refractivity contribution < 1.29 is 23.9 Å². The van der Waals surface area contributed by atoms with Crippen LogP contribution in [0.5, 0.6) is 0 Å². The third-order valence-electron chi connectivity index (χ3n) is 6.72. The van der Waals surface area contributed by atoms with Gasteiger partial charge in [-0.1, -0.05) is 58.1 Å². The lowest BCUT2D eigenvalue weighted by atomic mass is 10.0. The SMILES string of the molecule is C/C=N\N(C)C.C=C/C(=C\C/C=C(CC)/C(C=O)=C(/C)OC)CCC(=O)OC.CCc1ccc(C)n1C(C(=O)NC)C(C)C. The number of nitrogens with one attached hydrogen (secondary N) is 1. The fraction of sp³-hybridized carbons (Fsp3) is 0.543. The Balaban J connectivity index is 0. The number of amides is 1. The van der Waals surface area contributed by atoms with Crippen LogP contribution in [0.3, 0.4) is 0 Å². The van der Waals surface area contributed by atoms with Crippen molar-refractivity contribution in [1.29, 1.82) is 0 Å². The molecule has 0 aliphatic heterocycles. The normalized spacial score (nSPS) is 12.7. The molecular weight excluding hydrogens is 556 g/mol. The van der Waals surface area contributed by atoms with E-state index in [1.165, 1.54) is 12.8 Å². The number of likely N-dealkylation sites (N-methyl/N-ethyl adjacent to an activating group) is 1. The van der Waals surface area contributed by atoms with Gasteiger partial charge in [-0.2, -0.15) is 5.10 Å². The van der Waals surface area contributed by atoms with E-state index < -0.39 is 0 Å². The van der Waals surface area contributed by atoms with Gasteiger partial charge >= 0.3 is 5.97 Å². The summed E-state index contributed by atoms with van der Waals surface area (Å²) in [5.74, 6) is 0.751. The summed E-state index contributed by atoms with van der Waals surface area (Å²) in [5, 5.41) is 8.34. The van der Waals surface area contributed by atoms with Crippen LogP contribution in [-0.4, -0.2) is 69.3 Å². The highest BCUT2D eigenvalue weighted by Gasteiger charge is 2.25. The van der Waals surface area contributed by atoms with Gasteiger partial charge in [0.25, 0.3) is 0 Å². The first-order chi connectivity index (χ1) is 20.8. The van der Waals surface area contributed by atoms with Crippen LogP contribution in [0.1, 0.15) is 84.7 Å². The minimum atomic E-state index is -0.237. The molecule has 0 radical (unpaired) electrons. The van der Waals surface area contributed by atoms with Crippen molar-refractivity contribution in [2.24, 2.45) is 11.0 Å². The number of methoxy groups -OCH3 is 2. The van der Waals surface area contributed by atoms with Crippen LogP contribution in [0.2, 0.25) is 0 Å². The second-order valence-electron chi connectivity index (χ2n) is 10.4. The maximum Gasteiger partial charge on any atom is 0.305 e. The van der Waals surface area contributed by atoms with Crippen molar-refractivity contribution in [3.05, 3.63) is 70.8 Å². The molecule has 9 heteroatoms. The molecule has 0 bridgehead atoms. The predicted octanol–water partition coefficient (Wildman–Crippen LogP) is 6.75. The van der Waals surface area contributed by atoms with Gasteiger partial charge in [0.1, 0.15) is 11.8 Å². The average molecular weight is 615 g/mol. The highest BCUT2D eigenvalue weighted by Crippen LogP contribution is 2.24. The number of rotatable bonds is 15. The first kappa shape index (κ1) is 42.3. The molecule has 1 aromatic rings. The third-order valence-corrected chi connectivity index (χ3v) is 6.72. The predicted molar refractivity (Wildman–Crippen MR) is 183 cm³/mol. The van der Waals surface area contributed by atoms with E-state index in [9.17, 15) is 14.4 Å². The molecule has 0 fully saturated rings. The molecule has 9 nitrogen and oxygen atoms in total. The molecule has 1 N–H and O–H groups in total. The number of hydrogen-bond donors (Lipinski definition) is 1. The molecule has 0 saturated heterocycles. The quantitative estimate of drug-likeness (QED) is 0.0446. The number of nitrogens with zero attached hydrogens (tertiary/aromatic N) is 3. The molecule has 1 heterocycles. The van der Waals surface area contributed by atoms with Gasteiger partial charge in [-0.05, 0) is 70.1 Å². The zero-order chi connectivity index (χ0) is 34.2. The maximum atomic E-state index is 11.9. The minimum Gasteiger partial charge on any atom is -0.501 e. The summed E-state index contributed by atoms with van der Waals surface area (Å²) in [4.78, 5) is 34.3. The van der Waals surface area contributed by atoms with Crippen LogP contribution in [0.25, 0.3) is 0 Å². The topological polar surface area (TPSA) is 102 Å². The summed E-state index contributed by atoms with van der Waals surface area (Å²) in [5.41, 5.74) is 4.89. The molecule has 0 aliphatic rings. The molecule has 248 valence electrons. The summed E-state index contributed by atoms with van der Waals surface area (Å²) in [6.07, 6.45) is 11.6. The van der Waals surface area contributed by atoms with Crippen molar-refractivity contribution >= 4 is 24.4 Å². The Bertz CT molecular complexity index is 1140. The number of ether oxygens (including phenoxy) is 2. The molecule has 0 spiro atoms. The van der Waals surface area contributed by atoms with E-state index in [2.05, 4.69) is 66.1 Å².